The minimum atomic E-state index is 0.750. The minimum Gasteiger partial charge on any atom is -0.382 e. The van der Waals surface area contributed by atoms with Crippen LogP contribution in [0.4, 0.5) is 0 Å². The van der Waals surface area contributed by atoms with Crippen molar-refractivity contribution in [2.75, 3.05) is 46.1 Å². The average molecular weight is 335 g/mol. The van der Waals surface area contributed by atoms with Crippen molar-refractivity contribution in [1.82, 2.24) is 10.6 Å². The standard InChI is InChI=1S/C19H33N3O2/c1-3-20-19(21-13-8-15-23-4-2)22-14-9-16-24-17-12-18-10-6-5-7-11-18/h5-7,10-11H,3-4,8-9,12-17H2,1-2H3,(H2,20,21,22). The number of rotatable bonds is 13. The predicted molar refractivity (Wildman–Crippen MR) is 101 cm³/mol. The van der Waals surface area contributed by atoms with Crippen LogP contribution in [0.5, 0.6) is 0 Å². The van der Waals surface area contributed by atoms with E-state index in [-0.39, 0.29) is 0 Å². The van der Waals surface area contributed by atoms with Crippen LogP contribution in [-0.4, -0.2) is 52.0 Å². The third kappa shape index (κ3) is 11.0. The van der Waals surface area contributed by atoms with E-state index in [1.165, 1.54) is 5.56 Å². The lowest BCUT2D eigenvalue weighted by Gasteiger charge is -2.11. The zero-order valence-electron chi connectivity index (χ0n) is 15.2. The van der Waals surface area contributed by atoms with Gasteiger partial charge in [-0.05, 0) is 38.7 Å². The number of benzene rings is 1. The molecule has 0 atom stereocenters. The smallest absolute Gasteiger partial charge is 0.191 e. The van der Waals surface area contributed by atoms with Gasteiger partial charge in [0.2, 0.25) is 0 Å². The molecule has 0 bridgehead atoms. The van der Waals surface area contributed by atoms with E-state index < -0.39 is 0 Å². The van der Waals surface area contributed by atoms with Gasteiger partial charge in [0.1, 0.15) is 0 Å². The Morgan fingerprint density at radius 3 is 2.50 bits per heavy atom. The molecule has 0 aromatic heterocycles. The zero-order chi connectivity index (χ0) is 17.3. The Bertz CT molecular complexity index is 424. The Labute approximate surface area is 146 Å². The van der Waals surface area contributed by atoms with Crippen molar-refractivity contribution in [3.8, 4) is 0 Å². The van der Waals surface area contributed by atoms with Crippen LogP contribution in [0, 0.1) is 0 Å². The van der Waals surface area contributed by atoms with Gasteiger partial charge in [-0.1, -0.05) is 30.3 Å². The van der Waals surface area contributed by atoms with Crippen LogP contribution in [-0.2, 0) is 15.9 Å². The maximum absolute atomic E-state index is 5.68. The fourth-order valence-electron chi connectivity index (χ4n) is 2.16. The van der Waals surface area contributed by atoms with Crippen LogP contribution in [0.15, 0.2) is 35.3 Å². The number of ether oxygens (including phenoxy) is 2. The minimum absolute atomic E-state index is 0.750. The van der Waals surface area contributed by atoms with Crippen LogP contribution >= 0.6 is 0 Å². The molecule has 0 aliphatic heterocycles. The molecule has 136 valence electrons. The maximum atomic E-state index is 5.68. The fraction of sp³-hybridized carbons (Fsp3) is 0.632. The summed E-state index contributed by atoms with van der Waals surface area (Å²) in [5.74, 6) is 0.873. The topological polar surface area (TPSA) is 54.9 Å². The predicted octanol–water partition coefficient (Wildman–Crippen LogP) is 2.62. The molecule has 1 aromatic carbocycles. The van der Waals surface area contributed by atoms with E-state index in [2.05, 4.69) is 46.8 Å². The van der Waals surface area contributed by atoms with Gasteiger partial charge in [0.15, 0.2) is 5.96 Å². The molecule has 0 amide bonds. The first-order valence-electron chi connectivity index (χ1n) is 9.08. The van der Waals surface area contributed by atoms with Crippen molar-refractivity contribution in [3.63, 3.8) is 0 Å². The molecule has 0 spiro atoms. The lowest BCUT2D eigenvalue weighted by atomic mass is 10.2. The lowest BCUT2D eigenvalue weighted by molar-refractivity contribution is 0.136. The molecule has 0 heterocycles. The van der Waals surface area contributed by atoms with Gasteiger partial charge in [-0.3, -0.25) is 4.99 Å². The maximum Gasteiger partial charge on any atom is 0.191 e. The fourth-order valence-corrected chi connectivity index (χ4v) is 2.16. The van der Waals surface area contributed by atoms with E-state index in [1.807, 2.05) is 13.0 Å². The van der Waals surface area contributed by atoms with E-state index in [0.717, 1.165) is 71.3 Å². The first-order valence-corrected chi connectivity index (χ1v) is 9.08. The molecule has 0 saturated heterocycles. The highest BCUT2D eigenvalue weighted by molar-refractivity contribution is 5.79. The summed E-state index contributed by atoms with van der Waals surface area (Å²) >= 11 is 0. The highest BCUT2D eigenvalue weighted by Crippen LogP contribution is 1.99. The Morgan fingerprint density at radius 1 is 0.958 bits per heavy atom. The molecular formula is C19H33N3O2. The third-order valence-electron chi connectivity index (χ3n) is 3.40. The summed E-state index contributed by atoms with van der Waals surface area (Å²) in [6, 6.07) is 10.4. The molecule has 5 nitrogen and oxygen atoms in total. The normalized spacial score (nSPS) is 11.5. The Balaban J connectivity index is 2.06. The molecule has 0 saturated carbocycles. The first-order chi connectivity index (χ1) is 11.9. The Hall–Kier alpha value is -1.59. The molecular weight excluding hydrogens is 302 g/mol. The Morgan fingerprint density at radius 2 is 1.75 bits per heavy atom. The van der Waals surface area contributed by atoms with Crippen molar-refractivity contribution in [1.29, 1.82) is 0 Å². The number of guanidine groups is 1. The van der Waals surface area contributed by atoms with Gasteiger partial charge in [-0.15, -0.1) is 0 Å². The molecule has 0 aliphatic rings. The highest BCUT2D eigenvalue weighted by Gasteiger charge is 1.97. The lowest BCUT2D eigenvalue weighted by Crippen LogP contribution is -2.38. The monoisotopic (exact) mass is 335 g/mol. The van der Waals surface area contributed by atoms with Crippen LogP contribution in [0.25, 0.3) is 0 Å². The summed E-state index contributed by atoms with van der Waals surface area (Å²) in [6.07, 6.45) is 2.89. The summed E-state index contributed by atoms with van der Waals surface area (Å²) < 4.78 is 11.0. The molecule has 0 fully saturated rings. The molecule has 5 heteroatoms. The number of hydrogen-bond donors (Lipinski definition) is 2. The van der Waals surface area contributed by atoms with Crippen LogP contribution in [0.2, 0.25) is 0 Å². The molecule has 24 heavy (non-hydrogen) atoms. The average Bonchev–Trinajstić information content (AvgIpc) is 2.61. The van der Waals surface area contributed by atoms with E-state index in [9.17, 15) is 0 Å². The second-order valence-electron chi connectivity index (χ2n) is 5.44. The first kappa shape index (κ1) is 20.5. The Kier molecular flexibility index (Phi) is 12.8. The summed E-state index contributed by atoms with van der Waals surface area (Å²) in [5.41, 5.74) is 1.32. The van der Waals surface area contributed by atoms with Crippen LogP contribution in [0.1, 0.15) is 32.3 Å². The number of nitrogens with one attached hydrogen (secondary N) is 2. The second-order valence-corrected chi connectivity index (χ2v) is 5.44. The second kappa shape index (κ2) is 15.0. The molecule has 0 radical (unpaired) electrons. The van der Waals surface area contributed by atoms with Gasteiger partial charge < -0.3 is 20.1 Å². The van der Waals surface area contributed by atoms with Crippen molar-refractivity contribution in [2.24, 2.45) is 4.99 Å². The number of nitrogens with zero attached hydrogens (tertiary/aromatic N) is 1. The number of aliphatic imine (C=N–C) groups is 1. The van der Waals surface area contributed by atoms with E-state index in [1.54, 1.807) is 0 Å². The van der Waals surface area contributed by atoms with Gasteiger partial charge in [-0.25, -0.2) is 0 Å². The van der Waals surface area contributed by atoms with E-state index >= 15 is 0 Å². The van der Waals surface area contributed by atoms with Crippen molar-refractivity contribution in [3.05, 3.63) is 35.9 Å². The van der Waals surface area contributed by atoms with Gasteiger partial charge in [0.25, 0.3) is 0 Å². The highest BCUT2D eigenvalue weighted by atomic mass is 16.5. The molecule has 2 N–H and O–H groups in total. The number of hydrogen-bond acceptors (Lipinski definition) is 3. The molecule has 1 rings (SSSR count). The van der Waals surface area contributed by atoms with Crippen molar-refractivity contribution >= 4 is 5.96 Å². The summed E-state index contributed by atoms with van der Waals surface area (Å²) in [6.45, 7) is 9.68. The van der Waals surface area contributed by atoms with E-state index in [4.69, 9.17) is 9.47 Å². The summed E-state index contributed by atoms with van der Waals surface area (Å²) in [7, 11) is 0. The van der Waals surface area contributed by atoms with Crippen molar-refractivity contribution in [2.45, 2.75) is 33.1 Å². The molecule has 0 unspecified atom stereocenters. The van der Waals surface area contributed by atoms with Gasteiger partial charge in [-0.2, -0.15) is 0 Å². The van der Waals surface area contributed by atoms with Crippen molar-refractivity contribution < 1.29 is 9.47 Å². The van der Waals surface area contributed by atoms with Gasteiger partial charge in [0.05, 0.1) is 6.61 Å². The quantitative estimate of drug-likeness (QED) is 0.330. The van der Waals surface area contributed by atoms with Crippen LogP contribution < -0.4 is 10.6 Å². The SMILES string of the molecule is CCNC(=NCCCOCCc1ccccc1)NCCCOCC. The van der Waals surface area contributed by atoms with Gasteiger partial charge >= 0.3 is 0 Å². The largest absolute Gasteiger partial charge is 0.382 e. The zero-order valence-corrected chi connectivity index (χ0v) is 15.2. The van der Waals surface area contributed by atoms with Gasteiger partial charge in [0, 0.05) is 39.5 Å². The molecule has 1 aromatic rings. The summed E-state index contributed by atoms with van der Waals surface area (Å²) in [5, 5.41) is 6.58. The van der Waals surface area contributed by atoms with Crippen LogP contribution in [0.3, 0.4) is 0 Å². The summed E-state index contributed by atoms with van der Waals surface area (Å²) in [4.78, 5) is 4.56. The third-order valence-corrected chi connectivity index (χ3v) is 3.40. The molecule has 0 aliphatic carbocycles. The van der Waals surface area contributed by atoms with E-state index in [0.29, 0.717) is 0 Å².